The van der Waals surface area contributed by atoms with Crippen molar-refractivity contribution in [1.29, 1.82) is 0 Å². The van der Waals surface area contributed by atoms with Crippen molar-refractivity contribution in [3.05, 3.63) is 35.9 Å². The average molecular weight is 151 g/mol. The SMILES string of the molecule is CC(C)c1ccccc1.CN. The van der Waals surface area contributed by atoms with E-state index >= 15 is 0 Å². The Morgan fingerprint density at radius 1 is 1.00 bits per heavy atom. The van der Waals surface area contributed by atoms with Gasteiger partial charge in [-0.3, -0.25) is 0 Å². The van der Waals surface area contributed by atoms with Crippen LogP contribution >= 0.6 is 0 Å². The molecule has 2 N–H and O–H groups in total. The average Bonchev–Trinajstić information content (AvgIpc) is 2.10. The second kappa shape index (κ2) is 5.93. The lowest BCUT2D eigenvalue weighted by Gasteiger charge is -2.01. The summed E-state index contributed by atoms with van der Waals surface area (Å²) in [6.45, 7) is 4.41. The van der Waals surface area contributed by atoms with Crippen LogP contribution in [0.5, 0.6) is 0 Å². The van der Waals surface area contributed by atoms with E-state index in [0.717, 1.165) is 0 Å². The summed E-state index contributed by atoms with van der Waals surface area (Å²) in [6.07, 6.45) is 0. The molecule has 1 rings (SSSR count). The molecule has 0 saturated carbocycles. The second-order valence-corrected chi connectivity index (χ2v) is 2.57. The molecule has 1 aromatic rings. The van der Waals surface area contributed by atoms with Gasteiger partial charge < -0.3 is 5.73 Å². The summed E-state index contributed by atoms with van der Waals surface area (Å²) in [7, 11) is 1.50. The lowest BCUT2D eigenvalue weighted by molar-refractivity contribution is 0.867. The molecule has 1 aromatic carbocycles. The standard InChI is InChI=1S/C9H12.CH5N/c1-8(2)9-6-4-3-5-7-9;1-2/h3-8H,1-2H3;2H2,1H3. The van der Waals surface area contributed by atoms with E-state index in [1.54, 1.807) is 0 Å². The fourth-order valence-electron chi connectivity index (χ4n) is 0.838. The third-order valence-electron chi connectivity index (χ3n) is 1.47. The van der Waals surface area contributed by atoms with Crippen LogP contribution in [0.15, 0.2) is 30.3 Å². The molecule has 0 aliphatic heterocycles. The monoisotopic (exact) mass is 151 g/mol. The minimum atomic E-state index is 0.659. The maximum atomic E-state index is 4.50. The van der Waals surface area contributed by atoms with E-state index in [1.165, 1.54) is 12.6 Å². The molecular weight excluding hydrogens is 134 g/mol. The fraction of sp³-hybridized carbons (Fsp3) is 0.400. The van der Waals surface area contributed by atoms with Crippen molar-refractivity contribution >= 4 is 0 Å². The van der Waals surface area contributed by atoms with Crippen LogP contribution in [0, 0.1) is 0 Å². The molecule has 0 aliphatic rings. The number of benzene rings is 1. The largest absolute Gasteiger partial charge is 0.333 e. The zero-order valence-corrected chi connectivity index (χ0v) is 7.54. The zero-order valence-electron chi connectivity index (χ0n) is 7.54. The highest BCUT2D eigenvalue weighted by Crippen LogP contribution is 2.11. The maximum absolute atomic E-state index is 4.50. The van der Waals surface area contributed by atoms with Crippen LogP contribution < -0.4 is 5.73 Å². The van der Waals surface area contributed by atoms with E-state index in [2.05, 4.69) is 43.8 Å². The van der Waals surface area contributed by atoms with E-state index < -0.39 is 0 Å². The third-order valence-corrected chi connectivity index (χ3v) is 1.47. The number of hydrogen-bond acceptors (Lipinski definition) is 1. The predicted octanol–water partition coefficient (Wildman–Crippen LogP) is 2.38. The zero-order chi connectivity index (χ0) is 8.69. The van der Waals surface area contributed by atoms with Crippen LogP contribution in [0.1, 0.15) is 25.3 Å². The molecule has 0 heterocycles. The molecule has 0 unspecified atom stereocenters. The quantitative estimate of drug-likeness (QED) is 0.655. The van der Waals surface area contributed by atoms with Gasteiger partial charge in [0, 0.05) is 0 Å². The highest BCUT2D eigenvalue weighted by atomic mass is 14.4. The van der Waals surface area contributed by atoms with Gasteiger partial charge in [-0.25, -0.2) is 0 Å². The molecule has 11 heavy (non-hydrogen) atoms. The van der Waals surface area contributed by atoms with Crippen LogP contribution in [0.3, 0.4) is 0 Å². The lowest BCUT2D eigenvalue weighted by Crippen LogP contribution is -1.83. The third kappa shape index (κ3) is 3.79. The van der Waals surface area contributed by atoms with Crippen molar-refractivity contribution < 1.29 is 0 Å². The van der Waals surface area contributed by atoms with Crippen LogP contribution in [0.25, 0.3) is 0 Å². The molecule has 0 aromatic heterocycles. The van der Waals surface area contributed by atoms with Gasteiger partial charge in [-0.1, -0.05) is 44.2 Å². The van der Waals surface area contributed by atoms with E-state index in [9.17, 15) is 0 Å². The van der Waals surface area contributed by atoms with Crippen LogP contribution in [-0.2, 0) is 0 Å². The van der Waals surface area contributed by atoms with Gasteiger partial charge in [-0.15, -0.1) is 0 Å². The summed E-state index contributed by atoms with van der Waals surface area (Å²) in [6, 6.07) is 10.5. The highest BCUT2D eigenvalue weighted by molar-refractivity contribution is 5.17. The Hall–Kier alpha value is -0.820. The summed E-state index contributed by atoms with van der Waals surface area (Å²) in [5, 5.41) is 0. The van der Waals surface area contributed by atoms with Crippen molar-refractivity contribution in [2.45, 2.75) is 19.8 Å². The molecule has 62 valence electrons. The molecule has 0 fully saturated rings. The lowest BCUT2D eigenvalue weighted by atomic mass is 10.0. The molecule has 0 saturated heterocycles. The molecule has 0 bridgehead atoms. The van der Waals surface area contributed by atoms with Gasteiger partial charge in [0.15, 0.2) is 0 Å². The Morgan fingerprint density at radius 3 is 1.73 bits per heavy atom. The normalized spacial score (nSPS) is 8.82. The van der Waals surface area contributed by atoms with E-state index in [4.69, 9.17) is 0 Å². The first-order valence-electron chi connectivity index (χ1n) is 3.93. The summed E-state index contributed by atoms with van der Waals surface area (Å²) < 4.78 is 0. The summed E-state index contributed by atoms with van der Waals surface area (Å²) >= 11 is 0. The van der Waals surface area contributed by atoms with E-state index in [0.29, 0.717) is 5.92 Å². The Balaban J connectivity index is 0.000000461. The Kier molecular flexibility index (Phi) is 5.49. The van der Waals surface area contributed by atoms with Crippen LogP contribution in [0.2, 0.25) is 0 Å². The van der Waals surface area contributed by atoms with Gasteiger partial charge in [0.05, 0.1) is 0 Å². The first-order chi connectivity index (χ1) is 5.30. The number of nitrogens with two attached hydrogens (primary N) is 1. The number of rotatable bonds is 1. The van der Waals surface area contributed by atoms with Gasteiger partial charge in [0.25, 0.3) is 0 Å². The van der Waals surface area contributed by atoms with Crippen molar-refractivity contribution in [3.63, 3.8) is 0 Å². The van der Waals surface area contributed by atoms with Crippen LogP contribution in [-0.4, -0.2) is 7.05 Å². The van der Waals surface area contributed by atoms with Crippen molar-refractivity contribution in [2.75, 3.05) is 7.05 Å². The predicted molar refractivity (Wildman–Crippen MR) is 50.6 cm³/mol. The van der Waals surface area contributed by atoms with Crippen molar-refractivity contribution in [3.8, 4) is 0 Å². The topological polar surface area (TPSA) is 26.0 Å². The Morgan fingerprint density at radius 2 is 1.45 bits per heavy atom. The maximum Gasteiger partial charge on any atom is -0.0195 e. The fourth-order valence-corrected chi connectivity index (χ4v) is 0.838. The minimum Gasteiger partial charge on any atom is -0.333 e. The minimum absolute atomic E-state index is 0.659. The molecule has 0 aliphatic carbocycles. The van der Waals surface area contributed by atoms with Gasteiger partial charge in [0.2, 0.25) is 0 Å². The summed E-state index contributed by atoms with van der Waals surface area (Å²) in [5.41, 5.74) is 5.91. The summed E-state index contributed by atoms with van der Waals surface area (Å²) in [4.78, 5) is 0. The van der Waals surface area contributed by atoms with Crippen molar-refractivity contribution in [1.82, 2.24) is 0 Å². The molecular formula is C10H17N. The summed E-state index contributed by atoms with van der Waals surface area (Å²) in [5.74, 6) is 0.659. The molecule has 1 heteroatoms. The molecule has 1 nitrogen and oxygen atoms in total. The first-order valence-corrected chi connectivity index (χ1v) is 3.93. The van der Waals surface area contributed by atoms with Gasteiger partial charge in [0.1, 0.15) is 0 Å². The highest BCUT2D eigenvalue weighted by Gasteiger charge is 1.93. The first kappa shape index (κ1) is 10.2. The van der Waals surface area contributed by atoms with Gasteiger partial charge in [-0.05, 0) is 18.5 Å². The van der Waals surface area contributed by atoms with Gasteiger partial charge >= 0.3 is 0 Å². The van der Waals surface area contributed by atoms with Crippen LogP contribution in [0.4, 0.5) is 0 Å². The molecule has 0 atom stereocenters. The Labute approximate surface area is 69.2 Å². The second-order valence-electron chi connectivity index (χ2n) is 2.57. The molecule has 0 spiro atoms. The van der Waals surface area contributed by atoms with E-state index in [-0.39, 0.29) is 0 Å². The van der Waals surface area contributed by atoms with Crippen molar-refractivity contribution in [2.24, 2.45) is 5.73 Å². The number of hydrogen-bond donors (Lipinski definition) is 1. The van der Waals surface area contributed by atoms with Gasteiger partial charge in [-0.2, -0.15) is 0 Å². The molecule has 0 amide bonds. The smallest absolute Gasteiger partial charge is 0.0195 e. The Bertz CT molecular complexity index is 167. The molecule has 0 radical (unpaired) electrons. The van der Waals surface area contributed by atoms with E-state index in [1.807, 2.05) is 6.07 Å².